The van der Waals surface area contributed by atoms with E-state index in [1.807, 2.05) is 6.92 Å². The first-order valence-electron chi connectivity index (χ1n) is 11.9. The summed E-state index contributed by atoms with van der Waals surface area (Å²) >= 11 is 0. The number of halogens is 2. The summed E-state index contributed by atoms with van der Waals surface area (Å²) in [5.74, 6) is -1.22. The standard InChI is InChI=1S/C25H30F2N4O3/c1-2-34-24(33)31-15-25(16-31)6-5-18(13-25)29-7-9-30(10-8-29)22-11-17(26)14-28-23(22)20-4-3-19(32)12-21(20)27/h3-4,11-12,14,18,32H,2,5-10,13,15-16H2,1H3/t18-/m1/s1. The number of piperazine rings is 1. The zero-order chi connectivity index (χ0) is 23.9. The number of amides is 1. The summed E-state index contributed by atoms with van der Waals surface area (Å²) in [6, 6.07) is 5.81. The topological polar surface area (TPSA) is 69.1 Å². The highest BCUT2D eigenvalue weighted by atomic mass is 19.1. The molecule has 9 heteroatoms. The fraction of sp³-hybridized carbons (Fsp3) is 0.520. The monoisotopic (exact) mass is 472 g/mol. The Morgan fingerprint density at radius 1 is 1.21 bits per heavy atom. The lowest BCUT2D eigenvalue weighted by Gasteiger charge is -2.48. The summed E-state index contributed by atoms with van der Waals surface area (Å²) in [6.07, 6.45) is 4.19. The molecule has 1 spiro atoms. The van der Waals surface area contributed by atoms with Crippen LogP contribution in [0.25, 0.3) is 11.3 Å². The van der Waals surface area contributed by atoms with E-state index in [2.05, 4.69) is 14.8 Å². The van der Waals surface area contributed by atoms with Gasteiger partial charge in [0.25, 0.3) is 0 Å². The van der Waals surface area contributed by atoms with E-state index in [-0.39, 0.29) is 22.8 Å². The minimum absolute atomic E-state index is 0.162. The first-order chi connectivity index (χ1) is 16.4. The molecule has 1 amide bonds. The molecule has 1 atom stereocenters. The average molecular weight is 473 g/mol. The largest absolute Gasteiger partial charge is 0.508 e. The van der Waals surface area contributed by atoms with E-state index in [1.54, 1.807) is 4.90 Å². The number of nitrogens with zero attached hydrogens (tertiary/aromatic N) is 4. The Bertz CT molecular complexity index is 1070. The van der Waals surface area contributed by atoms with Crippen molar-refractivity contribution in [2.75, 3.05) is 50.8 Å². The van der Waals surface area contributed by atoms with E-state index in [0.717, 1.165) is 57.7 Å². The first kappa shape index (κ1) is 22.8. The summed E-state index contributed by atoms with van der Waals surface area (Å²) in [7, 11) is 0. The highest BCUT2D eigenvalue weighted by Gasteiger charge is 2.51. The fourth-order valence-corrected chi connectivity index (χ4v) is 5.78. The molecule has 1 aromatic carbocycles. The molecule has 1 N–H and O–H groups in total. The van der Waals surface area contributed by atoms with E-state index in [1.165, 1.54) is 18.2 Å². The molecule has 2 aromatic rings. The summed E-state index contributed by atoms with van der Waals surface area (Å²) in [4.78, 5) is 22.5. The molecule has 1 saturated carbocycles. The van der Waals surface area contributed by atoms with E-state index < -0.39 is 11.6 Å². The molecule has 34 heavy (non-hydrogen) atoms. The summed E-state index contributed by atoms with van der Waals surface area (Å²) in [5.41, 5.74) is 1.39. The molecule has 1 aromatic heterocycles. The normalized spacial score (nSPS) is 22.1. The maximum absolute atomic E-state index is 14.5. The number of hydrogen-bond acceptors (Lipinski definition) is 6. The van der Waals surface area contributed by atoms with Crippen LogP contribution in [0.15, 0.2) is 30.5 Å². The van der Waals surface area contributed by atoms with E-state index in [0.29, 0.717) is 37.1 Å². The minimum atomic E-state index is -0.590. The van der Waals surface area contributed by atoms with Crippen LogP contribution in [-0.2, 0) is 4.74 Å². The molecule has 0 unspecified atom stereocenters. The maximum Gasteiger partial charge on any atom is 0.409 e. The molecule has 3 fully saturated rings. The van der Waals surface area contributed by atoms with Crippen molar-refractivity contribution in [3.63, 3.8) is 0 Å². The Kier molecular flexibility index (Phi) is 6.06. The van der Waals surface area contributed by atoms with E-state index in [4.69, 9.17) is 4.74 Å². The van der Waals surface area contributed by atoms with Crippen molar-refractivity contribution in [3.8, 4) is 17.0 Å². The van der Waals surface area contributed by atoms with Crippen molar-refractivity contribution in [2.24, 2.45) is 5.41 Å². The minimum Gasteiger partial charge on any atom is -0.508 e. The van der Waals surface area contributed by atoms with Crippen LogP contribution in [0.3, 0.4) is 0 Å². The molecule has 5 rings (SSSR count). The number of anilines is 1. The molecular weight excluding hydrogens is 442 g/mol. The molecule has 2 aliphatic heterocycles. The summed E-state index contributed by atoms with van der Waals surface area (Å²) in [5, 5.41) is 9.54. The zero-order valence-corrected chi connectivity index (χ0v) is 19.3. The second-order valence-corrected chi connectivity index (χ2v) is 9.66. The van der Waals surface area contributed by atoms with Gasteiger partial charge in [-0.2, -0.15) is 0 Å². The second-order valence-electron chi connectivity index (χ2n) is 9.66. The third-order valence-corrected chi connectivity index (χ3v) is 7.47. The van der Waals surface area contributed by atoms with Gasteiger partial charge in [-0.25, -0.2) is 13.6 Å². The number of carbonyl (C=O) groups excluding carboxylic acids is 1. The number of benzene rings is 1. The third-order valence-electron chi connectivity index (χ3n) is 7.47. The number of aromatic nitrogens is 1. The molecule has 1 aliphatic carbocycles. The lowest BCUT2D eigenvalue weighted by molar-refractivity contribution is -0.00294. The SMILES string of the molecule is CCOC(=O)N1CC2(CC[C@@H](N3CCN(c4cc(F)cnc4-c4ccc(O)cc4F)CC3)C2)C1. The van der Waals surface area contributed by atoms with Crippen LogP contribution < -0.4 is 4.90 Å². The van der Waals surface area contributed by atoms with Crippen LogP contribution in [0.1, 0.15) is 26.2 Å². The first-order valence-corrected chi connectivity index (χ1v) is 11.9. The lowest BCUT2D eigenvalue weighted by atomic mass is 9.78. The summed E-state index contributed by atoms with van der Waals surface area (Å²) < 4.78 is 33.7. The number of ether oxygens (including phenoxy) is 1. The van der Waals surface area contributed by atoms with Gasteiger partial charge in [-0.15, -0.1) is 0 Å². The van der Waals surface area contributed by atoms with Crippen LogP contribution in [0.4, 0.5) is 19.3 Å². The van der Waals surface area contributed by atoms with Crippen LogP contribution in [0.2, 0.25) is 0 Å². The fourth-order valence-electron chi connectivity index (χ4n) is 5.78. The van der Waals surface area contributed by atoms with Crippen LogP contribution in [-0.4, -0.2) is 77.9 Å². The van der Waals surface area contributed by atoms with Crippen LogP contribution >= 0.6 is 0 Å². The highest BCUT2D eigenvalue weighted by molar-refractivity contribution is 5.76. The average Bonchev–Trinajstić information content (AvgIpc) is 3.25. The van der Waals surface area contributed by atoms with Gasteiger partial charge in [0.15, 0.2) is 0 Å². The Balaban J connectivity index is 1.23. The number of rotatable bonds is 4. The highest BCUT2D eigenvalue weighted by Crippen LogP contribution is 2.47. The molecule has 2 saturated heterocycles. The number of carbonyl (C=O) groups is 1. The molecule has 3 heterocycles. The number of phenolic OH excluding ortho intramolecular Hbond substituents is 1. The van der Waals surface area contributed by atoms with Gasteiger partial charge in [-0.05, 0) is 38.3 Å². The van der Waals surface area contributed by atoms with Gasteiger partial charge in [0.2, 0.25) is 0 Å². The van der Waals surface area contributed by atoms with Crippen molar-refractivity contribution in [3.05, 3.63) is 42.1 Å². The zero-order valence-electron chi connectivity index (χ0n) is 19.3. The van der Waals surface area contributed by atoms with Gasteiger partial charge in [0.1, 0.15) is 17.4 Å². The Labute approximate surface area is 197 Å². The van der Waals surface area contributed by atoms with Crippen molar-refractivity contribution in [1.82, 2.24) is 14.8 Å². The molecule has 7 nitrogen and oxygen atoms in total. The molecule has 182 valence electrons. The molecule has 0 bridgehead atoms. The Morgan fingerprint density at radius 2 is 1.97 bits per heavy atom. The third kappa shape index (κ3) is 4.29. The Morgan fingerprint density at radius 3 is 2.68 bits per heavy atom. The number of likely N-dealkylation sites (tertiary alicyclic amines) is 1. The second kappa shape index (κ2) is 9.02. The number of phenols is 1. The van der Waals surface area contributed by atoms with Crippen LogP contribution in [0.5, 0.6) is 5.75 Å². The van der Waals surface area contributed by atoms with Gasteiger partial charge in [0.05, 0.1) is 24.2 Å². The Hall–Kier alpha value is -2.94. The molecule has 0 radical (unpaired) electrons. The van der Waals surface area contributed by atoms with Gasteiger partial charge in [-0.3, -0.25) is 9.88 Å². The smallest absolute Gasteiger partial charge is 0.409 e. The number of aromatic hydroxyl groups is 1. The van der Waals surface area contributed by atoms with Gasteiger partial charge >= 0.3 is 6.09 Å². The van der Waals surface area contributed by atoms with Crippen molar-refractivity contribution in [1.29, 1.82) is 0 Å². The quantitative estimate of drug-likeness (QED) is 0.729. The molecule has 3 aliphatic rings. The predicted molar refractivity (Wildman–Crippen MR) is 124 cm³/mol. The van der Waals surface area contributed by atoms with Gasteiger partial charge in [0, 0.05) is 68.4 Å². The van der Waals surface area contributed by atoms with E-state index in [9.17, 15) is 18.7 Å². The maximum atomic E-state index is 14.5. The van der Waals surface area contributed by atoms with Crippen molar-refractivity contribution in [2.45, 2.75) is 32.2 Å². The van der Waals surface area contributed by atoms with Crippen LogP contribution in [0, 0.1) is 17.0 Å². The van der Waals surface area contributed by atoms with Crippen molar-refractivity contribution < 1.29 is 23.4 Å². The number of pyridine rings is 1. The predicted octanol–water partition coefficient (Wildman–Crippen LogP) is 3.87. The lowest BCUT2D eigenvalue weighted by Crippen LogP contribution is -2.58. The van der Waals surface area contributed by atoms with Crippen molar-refractivity contribution >= 4 is 11.8 Å². The van der Waals surface area contributed by atoms with E-state index >= 15 is 0 Å². The number of hydrogen-bond donors (Lipinski definition) is 1. The molecular formula is C25H30F2N4O3. The van der Waals surface area contributed by atoms with Gasteiger partial charge < -0.3 is 19.6 Å². The van der Waals surface area contributed by atoms with Gasteiger partial charge in [-0.1, -0.05) is 0 Å². The summed E-state index contributed by atoms with van der Waals surface area (Å²) in [6.45, 7) is 6.82.